The van der Waals surface area contributed by atoms with Crippen LogP contribution in [0.15, 0.2) is 23.0 Å². The Balaban J connectivity index is 1.94. The first kappa shape index (κ1) is 16.1. The second-order valence-electron chi connectivity index (χ2n) is 6.52. The molecule has 1 aromatic heterocycles. The quantitative estimate of drug-likeness (QED) is 0.654. The van der Waals surface area contributed by atoms with Crippen molar-refractivity contribution < 1.29 is 13.9 Å². The summed E-state index contributed by atoms with van der Waals surface area (Å²) in [6, 6.07) is 3.31. The fourth-order valence-corrected chi connectivity index (χ4v) is 3.73. The standard InChI is InChI=1S/C17H15ClFN3O3/c1-25-15(24)11-7-17(4-5-17)16-21-10(6-12(23)22(11)16)13-9(20)3-2-8(18)14(13)19/h2-3,6,11H,4-5,7,20H2,1H3/t11-/m0/s1. The Kier molecular flexibility index (Phi) is 3.40. The van der Waals surface area contributed by atoms with E-state index in [0.717, 1.165) is 12.8 Å². The lowest BCUT2D eigenvalue weighted by Crippen LogP contribution is -2.29. The lowest BCUT2D eigenvalue weighted by Gasteiger charge is -2.14. The van der Waals surface area contributed by atoms with Gasteiger partial charge in [0.1, 0.15) is 11.9 Å². The molecule has 2 N–H and O–H groups in total. The number of nitrogens with two attached hydrogens (primary N) is 1. The van der Waals surface area contributed by atoms with Crippen molar-refractivity contribution in [3.8, 4) is 11.3 Å². The van der Waals surface area contributed by atoms with Crippen molar-refractivity contribution >= 4 is 23.3 Å². The van der Waals surface area contributed by atoms with Crippen molar-refractivity contribution in [1.82, 2.24) is 9.55 Å². The summed E-state index contributed by atoms with van der Waals surface area (Å²) in [5, 5.41) is -0.0971. The van der Waals surface area contributed by atoms with Crippen molar-refractivity contribution in [1.29, 1.82) is 0 Å². The molecule has 0 unspecified atom stereocenters. The molecule has 1 aromatic carbocycles. The van der Waals surface area contributed by atoms with Gasteiger partial charge in [0, 0.05) is 17.2 Å². The van der Waals surface area contributed by atoms with Gasteiger partial charge in [0.2, 0.25) is 0 Å². The second-order valence-corrected chi connectivity index (χ2v) is 6.93. The van der Waals surface area contributed by atoms with E-state index in [0.29, 0.717) is 12.2 Å². The third kappa shape index (κ3) is 2.26. The molecular formula is C17H15ClFN3O3. The lowest BCUT2D eigenvalue weighted by molar-refractivity contribution is -0.144. The van der Waals surface area contributed by atoms with Gasteiger partial charge in [-0.1, -0.05) is 11.6 Å². The number of methoxy groups -OCH3 is 1. The van der Waals surface area contributed by atoms with Gasteiger partial charge in [-0.2, -0.15) is 0 Å². The predicted octanol–water partition coefficient (Wildman–Crippen LogP) is 2.43. The SMILES string of the molecule is COC(=O)[C@@H]1CC2(CC2)c2nc(-c3c(N)ccc(Cl)c3F)cc(=O)n21. The van der Waals surface area contributed by atoms with Crippen LogP contribution < -0.4 is 11.3 Å². The Bertz CT molecular complexity index is 968. The highest BCUT2D eigenvalue weighted by atomic mass is 35.5. The van der Waals surface area contributed by atoms with Crippen LogP contribution in [0.1, 0.15) is 31.1 Å². The molecule has 0 saturated heterocycles. The van der Waals surface area contributed by atoms with E-state index in [1.165, 1.54) is 29.9 Å². The molecule has 2 heterocycles. The number of carbonyl (C=O) groups is 1. The Morgan fingerprint density at radius 2 is 2.20 bits per heavy atom. The Hall–Kier alpha value is -2.41. The average Bonchev–Trinajstić information content (AvgIpc) is 3.28. The fourth-order valence-electron chi connectivity index (χ4n) is 3.58. The lowest BCUT2D eigenvalue weighted by atomic mass is 10.0. The first-order valence-corrected chi connectivity index (χ1v) is 8.21. The molecule has 0 amide bonds. The van der Waals surface area contributed by atoms with Crippen LogP contribution in [0.3, 0.4) is 0 Å². The summed E-state index contributed by atoms with van der Waals surface area (Å²) in [7, 11) is 1.29. The minimum atomic E-state index is -0.717. The van der Waals surface area contributed by atoms with Crippen LogP contribution in [-0.4, -0.2) is 22.6 Å². The van der Waals surface area contributed by atoms with Gasteiger partial charge in [0.05, 0.1) is 23.4 Å². The zero-order valence-electron chi connectivity index (χ0n) is 13.4. The number of rotatable bonds is 2. The maximum atomic E-state index is 14.5. The number of benzene rings is 1. The largest absolute Gasteiger partial charge is 0.467 e. The Morgan fingerprint density at radius 1 is 1.48 bits per heavy atom. The summed E-state index contributed by atoms with van der Waals surface area (Å²) >= 11 is 5.84. The summed E-state index contributed by atoms with van der Waals surface area (Å²) in [5.74, 6) is -0.704. The summed E-state index contributed by atoms with van der Waals surface area (Å²) in [5.41, 5.74) is 5.40. The summed E-state index contributed by atoms with van der Waals surface area (Å²) in [6.45, 7) is 0. The molecule has 1 fully saturated rings. The smallest absolute Gasteiger partial charge is 0.329 e. The maximum absolute atomic E-state index is 14.5. The van der Waals surface area contributed by atoms with Crippen LogP contribution in [0.5, 0.6) is 0 Å². The maximum Gasteiger partial charge on any atom is 0.329 e. The first-order chi connectivity index (χ1) is 11.9. The van der Waals surface area contributed by atoms with E-state index in [1.807, 2.05) is 0 Å². The number of halogens is 2. The van der Waals surface area contributed by atoms with Gasteiger partial charge in [-0.05, 0) is 31.4 Å². The molecule has 8 heteroatoms. The highest BCUT2D eigenvalue weighted by molar-refractivity contribution is 6.31. The molecule has 2 aliphatic rings. The number of carbonyl (C=O) groups excluding carboxylic acids is 1. The summed E-state index contributed by atoms with van der Waals surface area (Å²) in [6.07, 6.45) is 2.12. The minimum Gasteiger partial charge on any atom is -0.467 e. The second kappa shape index (κ2) is 5.29. The van der Waals surface area contributed by atoms with E-state index in [9.17, 15) is 14.0 Å². The third-order valence-electron chi connectivity index (χ3n) is 5.03. The highest BCUT2D eigenvalue weighted by Gasteiger charge is 2.56. The van der Waals surface area contributed by atoms with Crippen LogP contribution in [0.2, 0.25) is 5.02 Å². The molecule has 25 heavy (non-hydrogen) atoms. The van der Waals surface area contributed by atoms with Crippen LogP contribution in [0.25, 0.3) is 11.3 Å². The van der Waals surface area contributed by atoms with Crippen LogP contribution in [0.4, 0.5) is 10.1 Å². The molecule has 0 radical (unpaired) electrons. The number of ether oxygens (including phenoxy) is 1. The van der Waals surface area contributed by atoms with Gasteiger partial charge < -0.3 is 10.5 Å². The number of aromatic nitrogens is 2. The monoisotopic (exact) mass is 363 g/mol. The van der Waals surface area contributed by atoms with Gasteiger partial charge in [-0.3, -0.25) is 9.36 Å². The number of anilines is 1. The molecule has 1 aliphatic carbocycles. The third-order valence-corrected chi connectivity index (χ3v) is 5.32. The van der Waals surface area contributed by atoms with Gasteiger partial charge in [0.25, 0.3) is 5.56 Å². The molecule has 1 spiro atoms. The fraction of sp³-hybridized carbons (Fsp3) is 0.353. The van der Waals surface area contributed by atoms with E-state index < -0.39 is 23.4 Å². The molecule has 1 aliphatic heterocycles. The number of hydrogen-bond acceptors (Lipinski definition) is 5. The predicted molar refractivity (Wildman–Crippen MR) is 89.9 cm³/mol. The van der Waals surface area contributed by atoms with Crippen LogP contribution in [-0.2, 0) is 14.9 Å². The summed E-state index contributed by atoms with van der Waals surface area (Å²) in [4.78, 5) is 29.2. The van der Waals surface area contributed by atoms with E-state index in [4.69, 9.17) is 22.1 Å². The van der Waals surface area contributed by atoms with E-state index in [2.05, 4.69) is 4.98 Å². The van der Waals surface area contributed by atoms with E-state index in [-0.39, 0.29) is 27.4 Å². The number of hydrogen-bond donors (Lipinski definition) is 1. The minimum absolute atomic E-state index is 0.00492. The zero-order chi connectivity index (χ0) is 17.9. The average molecular weight is 364 g/mol. The summed E-state index contributed by atoms with van der Waals surface area (Å²) < 4.78 is 20.6. The zero-order valence-corrected chi connectivity index (χ0v) is 14.1. The van der Waals surface area contributed by atoms with Crippen molar-refractivity contribution in [2.24, 2.45) is 0 Å². The molecule has 4 rings (SSSR count). The molecule has 1 atom stereocenters. The molecule has 6 nitrogen and oxygen atoms in total. The van der Waals surface area contributed by atoms with E-state index >= 15 is 0 Å². The van der Waals surface area contributed by atoms with Gasteiger partial charge >= 0.3 is 5.97 Å². The van der Waals surface area contributed by atoms with Gasteiger partial charge in [-0.15, -0.1) is 0 Å². The molecule has 2 aromatic rings. The number of nitrogen functional groups attached to an aromatic ring is 1. The van der Waals surface area contributed by atoms with Gasteiger partial charge in [-0.25, -0.2) is 14.2 Å². The highest BCUT2D eigenvalue weighted by Crippen LogP contribution is 2.57. The first-order valence-electron chi connectivity index (χ1n) is 7.84. The van der Waals surface area contributed by atoms with E-state index in [1.54, 1.807) is 0 Å². The number of esters is 1. The number of nitrogens with zero attached hydrogens (tertiary/aromatic N) is 2. The van der Waals surface area contributed by atoms with Crippen LogP contribution in [0, 0.1) is 5.82 Å². The Morgan fingerprint density at radius 3 is 2.84 bits per heavy atom. The number of fused-ring (bicyclic) bond motifs is 2. The Labute approximate surface area is 147 Å². The molecule has 130 valence electrons. The van der Waals surface area contributed by atoms with Crippen LogP contribution >= 0.6 is 11.6 Å². The van der Waals surface area contributed by atoms with Gasteiger partial charge in [0.15, 0.2) is 5.82 Å². The van der Waals surface area contributed by atoms with Crippen molar-refractivity contribution in [2.45, 2.75) is 30.7 Å². The molecule has 0 bridgehead atoms. The molecule has 1 saturated carbocycles. The van der Waals surface area contributed by atoms with Crippen molar-refractivity contribution in [3.05, 3.63) is 45.2 Å². The normalized spacial score (nSPS) is 19.7. The van der Waals surface area contributed by atoms with Crippen molar-refractivity contribution in [3.63, 3.8) is 0 Å². The molecular weight excluding hydrogens is 349 g/mol. The topological polar surface area (TPSA) is 87.2 Å². The van der Waals surface area contributed by atoms with Crippen molar-refractivity contribution in [2.75, 3.05) is 12.8 Å².